The molecule has 1 aromatic heterocycles. The van der Waals surface area contributed by atoms with Gasteiger partial charge < -0.3 is 20.6 Å². The fourth-order valence-electron chi connectivity index (χ4n) is 2.91. The number of thioether (sulfide) groups is 1. The van der Waals surface area contributed by atoms with Gasteiger partial charge in [0.15, 0.2) is 5.82 Å². The number of carbonyl (C=O) groups is 1. The van der Waals surface area contributed by atoms with Gasteiger partial charge in [0.25, 0.3) is 0 Å². The van der Waals surface area contributed by atoms with Gasteiger partial charge >= 0.3 is 0 Å². The Morgan fingerprint density at radius 2 is 1.90 bits per heavy atom. The maximum absolute atomic E-state index is 12.3. The van der Waals surface area contributed by atoms with Crippen LogP contribution in [0.3, 0.4) is 0 Å². The number of nitrogens with two attached hydrogens (primary N) is 1. The van der Waals surface area contributed by atoms with Crippen LogP contribution >= 0.6 is 11.8 Å². The monoisotopic (exact) mass is 427 g/mol. The maximum atomic E-state index is 12.3. The molecule has 1 heterocycles. The van der Waals surface area contributed by atoms with Crippen LogP contribution in [0.2, 0.25) is 0 Å². The molecule has 158 valence electrons. The van der Waals surface area contributed by atoms with Crippen molar-refractivity contribution in [2.75, 3.05) is 31.1 Å². The number of aryl methyl sites for hydroxylation is 1. The standard InChI is InChI=1S/C21H25N5O3S/c1-4-5-14-6-8-15(9-7-14)23-19(27)13-30-21-25-24-20(26(21)22)17-11-10-16(28-2)12-18(17)29-3/h6-12H,4-5,13,22H2,1-3H3,(H,23,27). The Balaban J connectivity index is 1.64. The first-order valence-corrected chi connectivity index (χ1v) is 10.5. The zero-order chi connectivity index (χ0) is 21.5. The van der Waals surface area contributed by atoms with Crippen molar-refractivity contribution in [2.24, 2.45) is 0 Å². The molecule has 0 saturated heterocycles. The van der Waals surface area contributed by atoms with Gasteiger partial charge in [0.1, 0.15) is 11.5 Å². The second kappa shape index (κ2) is 10.0. The lowest BCUT2D eigenvalue weighted by Gasteiger charge is -2.10. The van der Waals surface area contributed by atoms with E-state index >= 15 is 0 Å². The molecule has 3 rings (SSSR count). The zero-order valence-corrected chi connectivity index (χ0v) is 18.0. The van der Waals surface area contributed by atoms with Crippen LogP contribution < -0.4 is 20.6 Å². The van der Waals surface area contributed by atoms with Gasteiger partial charge in [-0.1, -0.05) is 37.2 Å². The molecule has 30 heavy (non-hydrogen) atoms. The minimum absolute atomic E-state index is 0.144. The summed E-state index contributed by atoms with van der Waals surface area (Å²) in [6, 6.07) is 13.2. The molecule has 0 unspecified atom stereocenters. The third-order valence-corrected chi connectivity index (χ3v) is 5.37. The smallest absolute Gasteiger partial charge is 0.234 e. The van der Waals surface area contributed by atoms with E-state index in [4.69, 9.17) is 15.3 Å². The van der Waals surface area contributed by atoms with Gasteiger partial charge in [0.2, 0.25) is 11.1 Å². The number of hydrogen-bond donors (Lipinski definition) is 2. The predicted molar refractivity (Wildman–Crippen MR) is 119 cm³/mol. The van der Waals surface area contributed by atoms with E-state index in [1.54, 1.807) is 32.4 Å². The Hall–Kier alpha value is -3.20. The zero-order valence-electron chi connectivity index (χ0n) is 17.2. The Kier molecular flexibility index (Phi) is 7.18. The Morgan fingerprint density at radius 3 is 2.57 bits per heavy atom. The first kappa shape index (κ1) is 21.5. The van der Waals surface area contributed by atoms with Crippen LogP contribution in [-0.4, -0.2) is 40.8 Å². The van der Waals surface area contributed by atoms with E-state index in [0.717, 1.165) is 18.5 Å². The van der Waals surface area contributed by atoms with Crippen molar-refractivity contribution >= 4 is 23.4 Å². The molecule has 0 aliphatic carbocycles. The molecule has 0 aliphatic heterocycles. The molecule has 8 nitrogen and oxygen atoms in total. The number of ether oxygens (including phenoxy) is 2. The van der Waals surface area contributed by atoms with Crippen molar-refractivity contribution in [1.29, 1.82) is 0 Å². The molecule has 1 amide bonds. The average Bonchev–Trinajstić information content (AvgIpc) is 3.13. The van der Waals surface area contributed by atoms with Crippen LogP contribution in [0, 0.1) is 0 Å². The van der Waals surface area contributed by atoms with E-state index in [-0.39, 0.29) is 11.7 Å². The number of aromatic nitrogens is 3. The number of nitrogens with zero attached hydrogens (tertiary/aromatic N) is 3. The molecule has 0 fully saturated rings. The lowest BCUT2D eigenvalue weighted by molar-refractivity contribution is -0.113. The number of anilines is 1. The third kappa shape index (κ3) is 5.04. The van der Waals surface area contributed by atoms with Gasteiger partial charge in [-0.2, -0.15) is 0 Å². The fraction of sp³-hybridized carbons (Fsp3) is 0.286. The Bertz CT molecular complexity index is 1000. The van der Waals surface area contributed by atoms with Crippen molar-refractivity contribution in [2.45, 2.75) is 24.9 Å². The average molecular weight is 428 g/mol. The third-order valence-electron chi connectivity index (χ3n) is 4.42. The quantitative estimate of drug-likeness (QED) is 0.398. The van der Waals surface area contributed by atoms with Crippen LogP contribution in [0.15, 0.2) is 47.6 Å². The first-order chi connectivity index (χ1) is 14.5. The first-order valence-electron chi connectivity index (χ1n) is 9.50. The van der Waals surface area contributed by atoms with Crippen molar-refractivity contribution in [3.05, 3.63) is 48.0 Å². The number of nitrogens with one attached hydrogen (secondary N) is 1. The van der Waals surface area contributed by atoms with Gasteiger partial charge in [-0.15, -0.1) is 10.2 Å². The Morgan fingerprint density at radius 1 is 1.13 bits per heavy atom. The number of methoxy groups -OCH3 is 2. The van der Waals surface area contributed by atoms with Crippen LogP contribution in [0.1, 0.15) is 18.9 Å². The number of amides is 1. The molecule has 0 atom stereocenters. The van der Waals surface area contributed by atoms with Crippen molar-refractivity contribution in [3.63, 3.8) is 0 Å². The van der Waals surface area contributed by atoms with E-state index < -0.39 is 0 Å². The minimum Gasteiger partial charge on any atom is -0.497 e. The molecule has 0 saturated carbocycles. The molecule has 3 aromatic rings. The molecular weight excluding hydrogens is 402 g/mol. The molecule has 0 spiro atoms. The molecule has 0 radical (unpaired) electrons. The van der Waals surface area contributed by atoms with E-state index in [0.29, 0.717) is 28.0 Å². The van der Waals surface area contributed by atoms with Gasteiger partial charge in [-0.05, 0) is 36.2 Å². The minimum atomic E-state index is -0.144. The number of hydrogen-bond acceptors (Lipinski definition) is 7. The van der Waals surface area contributed by atoms with Crippen molar-refractivity contribution < 1.29 is 14.3 Å². The molecule has 9 heteroatoms. The lowest BCUT2D eigenvalue weighted by atomic mass is 10.1. The lowest BCUT2D eigenvalue weighted by Crippen LogP contribution is -2.16. The number of rotatable bonds is 9. The van der Waals surface area contributed by atoms with Crippen molar-refractivity contribution in [1.82, 2.24) is 14.9 Å². The molecule has 3 N–H and O–H groups in total. The second-order valence-electron chi connectivity index (χ2n) is 6.53. The van der Waals surface area contributed by atoms with Gasteiger partial charge in [0, 0.05) is 11.8 Å². The van der Waals surface area contributed by atoms with Gasteiger partial charge in [-0.25, -0.2) is 4.68 Å². The summed E-state index contributed by atoms with van der Waals surface area (Å²) in [6.45, 7) is 2.14. The van der Waals surface area contributed by atoms with Crippen LogP contribution in [0.5, 0.6) is 11.5 Å². The highest BCUT2D eigenvalue weighted by Gasteiger charge is 2.17. The van der Waals surface area contributed by atoms with E-state index in [2.05, 4.69) is 22.4 Å². The molecule has 0 bridgehead atoms. The SMILES string of the molecule is CCCc1ccc(NC(=O)CSc2nnc(-c3ccc(OC)cc3OC)n2N)cc1. The normalized spacial score (nSPS) is 10.6. The molecule has 0 aliphatic rings. The van der Waals surface area contributed by atoms with E-state index in [1.807, 2.05) is 24.3 Å². The van der Waals surface area contributed by atoms with Gasteiger partial charge in [0.05, 0.1) is 25.5 Å². The predicted octanol–water partition coefficient (Wildman–Crippen LogP) is 3.36. The highest BCUT2D eigenvalue weighted by Crippen LogP contribution is 2.32. The topological polar surface area (TPSA) is 104 Å². The summed E-state index contributed by atoms with van der Waals surface area (Å²) in [6.07, 6.45) is 2.12. The Labute approximate surface area is 179 Å². The van der Waals surface area contributed by atoms with E-state index in [1.165, 1.54) is 22.0 Å². The highest BCUT2D eigenvalue weighted by molar-refractivity contribution is 7.99. The van der Waals surface area contributed by atoms with Gasteiger partial charge in [-0.3, -0.25) is 4.79 Å². The summed E-state index contributed by atoms with van der Waals surface area (Å²) in [5, 5.41) is 11.6. The molecule has 2 aromatic carbocycles. The van der Waals surface area contributed by atoms with Crippen molar-refractivity contribution in [3.8, 4) is 22.9 Å². The van der Waals surface area contributed by atoms with Crippen LogP contribution in [-0.2, 0) is 11.2 Å². The number of carbonyl (C=O) groups excluding carboxylic acids is 1. The summed E-state index contributed by atoms with van der Waals surface area (Å²) >= 11 is 1.21. The number of nitrogen functional groups attached to an aromatic ring is 1. The summed E-state index contributed by atoms with van der Waals surface area (Å²) in [7, 11) is 3.14. The second-order valence-corrected chi connectivity index (χ2v) is 7.47. The summed E-state index contributed by atoms with van der Waals surface area (Å²) in [5.74, 6) is 7.84. The highest BCUT2D eigenvalue weighted by atomic mass is 32.2. The summed E-state index contributed by atoms with van der Waals surface area (Å²) in [5.41, 5.74) is 2.69. The summed E-state index contributed by atoms with van der Waals surface area (Å²) < 4.78 is 12.0. The fourth-order valence-corrected chi connectivity index (χ4v) is 3.57. The van der Waals surface area contributed by atoms with Crippen LogP contribution in [0.4, 0.5) is 5.69 Å². The maximum Gasteiger partial charge on any atom is 0.234 e. The summed E-state index contributed by atoms with van der Waals surface area (Å²) in [4.78, 5) is 12.3. The largest absolute Gasteiger partial charge is 0.497 e. The molecular formula is C21H25N5O3S. The van der Waals surface area contributed by atoms with Crippen LogP contribution in [0.25, 0.3) is 11.4 Å². The number of benzene rings is 2. The van der Waals surface area contributed by atoms with E-state index in [9.17, 15) is 4.79 Å².